The summed E-state index contributed by atoms with van der Waals surface area (Å²) >= 11 is 0. The van der Waals surface area contributed by atoms with Gasteiger partial charge in [-0.2, -0.15) is 5.10 Å². The first-order valence-electron chi connectivity index (χ1n) is 8.85. The van der Waals surface area contributed by atoms with Crippen LogP contribution in [-0.2, 0) is 0 Å². The first-order valence-corrected chi connectivity index (χ1v) is 8.85. The van der Waals surface area contributed by atoms with Gasteiger partial charge in [0.25, 0.3) is 0 Å². The lowest BCUT2D eigenvalue weighted by molar-refractivity contribution is 0.972. The smallest absolute Gasteiger partial charge is 0.0934 e. The van der Waals surface area contributed by atoms with Crippen molar-refractivity contribution in [3.8, 4) is 22.5 Å². The van der Waals surface area contributed by atoms with Gasteiger partial charge in [-0.3, -0.25) is 0 Å². The Morgan fingerprint density at radius 3 is 1.92 bits per heavy atom. The van der Waals surface area contributed by atoms with E-state index in [1.807, 2.05) is 6.07 Å². The SMILES string of the molecule is Cc1c(-c2ccccc2)n2nc(-c3ccccc3)cc2c2ccccc12. The third-order valence-electron chi connectivity index (χ3n) is 5.00. The fourth-order valence-electron chi connectivity index (χ4n) is 3.75. The first kappa shape index (κ1) is 14.9. The lowest BCUT2D eigenvalue weighted by atomic mass is 9.99. The Labute approximate surface area is 152 Å². The molecule has 5 rings (SSSR count). The maximum Gasteiger partial charge on any atom is 0.0934 e. The number of fused-ring (bicyclic) bond motifs is 3. The van der Waals surface area contributed by atoms with Crippen molar-refractivity contribution >= 4 is 16.3 Å². The largest absolute Gasteiger partial charge is 0.232 e. The highest BCUT2D eigenvalue weighted by atomic mass is 15.2. The number of nitrogens with zero attached hydrogens (tertiary/aromatic N) is 2. The summed E-state index contributed by atoms with van der Waals surface area (Å²) in [4.78, 5) is 0. The Balaban J connectivity index is 1.93. The summed E-state index contributed by atoms with van der Waals surface area (Å²) in [5.74, 6) is 0. The summed E-state index contributed by atoms with van der Waals surface area (Å²) in [6.45, 7) is 2.19. The summed E-state index contributed by atoms with van der Waals surface area (Å²) in [5, 5.41) is 7.50. The minimum Gasteiger partial charge on any atom is -0.232 e. The predicted molar refractivity (Wildman–Crippen MR) is 108 cm³/mol. The average molecular weight is 334 g/mol. The summed E-state index contributed by atoms with van der Waals surface area (Å²) in [7, 11) is 0. The minimum absolute atomic E-state index is 0.999. The Morgan fingerprint density at radius 1 is 0.654 bits per heavy atom. The van der Waals surface area contributed by atoms with Crippen LogP contribution in [0.15, 0.2) is 91.0 Å². The van der Waals surface area contributed by atoms with E-state index in [9.17, 15) is 0 Å². The molecule has 0 fully saturated rings. The summed E-state index contributed by atoms with van der Waals surface area (Å²) in [5.41, 5.74) is 6.87. The van der Waals surface area contributed by atoms with E-state index in [0.717, 1.165) is 22.5 Å². The molecule has 124 valence electrons. The molecule has 0 radical (unpaired) electrons. The molecule has 2 aromatic heterocycles. The zero-order valence-electron chi connectivity index (χ0n) is 14.6. The lowest BCUT2D eigenvalue weighted by Crippen LogP contribution is -1.99. The number of rotatable bonds is 2. The quantitative estimate of drug-likeness (QED) is 0.379. The molecule has 2 heteroatoms. The van der Waals surface area contributed by atoms with E-state index in [1.165, 1.54) is 21.9 Å². The van der Waals surface area contributed by atoms with Crippen LogP contribution in [0, 0.1) is 6.92 Å². The Kier molecular flexibility index (Phi) is 3.36. The Hall–Kier alpha value is -3.39. The summed E-state index contributed by atoms with van der Waals surface area (Å²) < 4.78 is 2.11. The van der Waals surface area contributed by atoms with Crippen molar-refractivity contribution in [2.24, 2.45) is 0 Å². The fourth-order valence-corrected chi connectivity index (χ4v) is 3.75. The van der Waals surface area contributed by atoms with Crippen LogP contribution in [0.5, 0.6) is 0 Å². The molecule has 0 spiro atoms. The van der Waals surface area contributed by atoms with Gasteiger partial charge in [0.15, 0.2) is 0 Å². The van der Waals surface area contributed by atoms with E-state index in [-0.39, 0.29) is 0 Å². The average Bonchev–Trinajstić information content (AvgIpc) is 3.15. The van der Waals surface area contributed by atoms with E-state index in [2.05, 4.69) is 96.4 Å². The number of benzene rings is 3. The predicted octanol–water partition coefficient (Wildman–Crippen LogP) is 6.13. The second kappa shape index (κ2) is 5.85. The maximum absolute atomic E-state index is 4.99. The van der Waals surface area contributed by atoms with Crippen LogP contribution in [0.3, 0.4) is 0 Å². The van der Waals surface area contributed by atoms with Gasteiger partial charge in [-0.15, -0.1) is 0 Å². The molecular weight excluding hydrogens is 316 g/mol. The topological polar surface area (TPSA) is 17.3 Å². The molecule has 0 bridgehead atoms. The van der Waals surface area contributed by atoms with Gasteiger partial charge in [-0.25, -0.2) is 4.52 Å². The van der Waals surface area contributed by atoms with Gasteiger partial charge in [0, 0.05) is 16.5 Å². The van der Waals surface area contributed by atoms with Crippen LogP contribution in [0.1, 0.15) is 5.56 Å². The van der Waals surface area contributed by atoms with Crippen LogP contribution < -0.4 is 0 Å². The second-order valence-corrected chi connectivity index (χ2v) is 6.58. The van der Waals surface area contributed by atoms with Gasteiger partial charge in [-0.1, -0.05) is 84.9 Å². The first-order chi connectivity index (χ1) is 12.8. The molecule has 2 heterocycles. The minimum atomic E-state index is 0.999. The molecule has 0 saturated carbocycles. The fraction of sp³-hybridized carbons (Fsp3) is 0.0417. The number of pyridine rings is 1. The molecule has 0 N–H and O–H groups in total. The normalized spacial score (nSPS) is 11.3. The zero-order chi connectivity index (χ0) is 17.5. The molecule has 0 saturated heterocycles. The second-order valence-electron chi connectivity index (χ2n) is 6.58. The number of hydrogen-bond donors (Lipinski definition) is 0. The van der Waals surface area contributed by atoms with Crippen LogP contribution in [0.4, 0.5) is 0 Å². The van der Waals surface area contributed by atoms with Crippen molar-refractivity contribution in [3.05, 3.63) is 96.6 Å². The number of hydrogen-bond acceptors (Lipinski definition) is 1. The van der Waals surface area contributed by atoms with Crippen molar-refractivity contribution in [2.75, 3.05) is 0 Å². The molecule has 0 aliphatic rings. The molecule has 0 aliphatic heterocycles. The van der Waals surface area contributed by atoms with E-state index in [0.29, 0.717) is 0 Å². The van der Waals surface area contributed by atoms with Gasteiger partial charge in [-0.05, 0) is 23.9 Å². The maximum atomic E-state index is 4.99. The highest BCUT2D eigenvalue weighted by Gasteiger charge is 2.16. The van der Waals surface area contributed by atoms with Gasteiger partial charge in [0.05, 0.1) is 16.9 Å². The van der Waals surface area contributed by atoms with Gasteiger partial charge < -0.3 is 0 Å². The van der Waals surface area contributed by atoms with Crippen LogP contribution in [0.25, 0.3) is 38.8 Å². The van der Waals surface area contributed by atoms with E-state index < -0.39 is 0 Å². The van der Waals surface area contributed by atoms with E-state index in [1.54, 1.807) is 0 Å². The van der Waals surface area contributed by atoms with Gasteiger partial charge in [0.1, 0.15) is 0 Å². The molecule has 0 amide bonds. The van der Waals surface area contributed by atoms with Crippen molar-refractivity contribution in [1.29, 1.82) is 0 Å². The molecule has 0 atom stereocenters. The van der Waals surface area contributed by atoms with Crippen LogP contribution in [0.2, 0.25) is 0 Å². The third-order valence-corrected chi connectivity index (χ3v) is 5.00. The Morgan fingerprint density at radius 2 is 1.23 bits per heavy atom. The van der Waals surface area contributed by atoms with E-state index >= 15 is 0 Å². The van der Waals surface area contributed by atoms with Crippen molar-refractivity contribution in [2.45, 2.75) is 6.92 Å². The van der Waals surface area contributed by atoms with E-state index in [4.69, 9.17) is 5.10 Å². The summed E-state index contributed by atoms with van der Waals surface area (Å²) in [6, 6.07) is 31.7. The van der Waals surface area contributed by atoms with Crippen LogP contribution in [-0.4, -0.2) is 9.61 Å². The zero-order valence-corrected chi connectivity index (χ0v) is 14.6. The van der Waals surface area contributed by atoms with Crippen molar-refractivity contribution < 1.29 is 0 Å². The monoisotopic (exact) mass is 334 g/mol. The highest BCUT2D eigenvalue weighted by molar-refractivity contribution is 6.02. The summed E-state index contributed by atoms with van der Waals surface area (Å²) in [6.07, 6.45) is 0. The van der Waals surface area contributed by atoms with Gasteiger partial charge in [0.2, 0.25) is 0 Å². The third kappa shape index (κ3) is 2.23. The highest BCUT2D eigenvalue weighted by Crippen LogP contribution is 2.34. The molecule has 3 aromatic carbocycles. The van der Waals surface area contributed by atoms with Gasteiger partial charge >= 0.3 is 0 Å². The molecule has 5 aromatic rings. The van der Waals surface area contributed by atoms with Crippen molar-refractivity contribution in [1.82, 2.24) is 9.61 Å². The Bertz CT molecular complexity index is 1220. The molecule has 26 heavy (non-hydrogen) atoms. The van der Waals surface area contributed by atoms with Crippen molar-refractivity contribution in [3.63, 3.8) is 0 Å². The standard InChI is InChI=1S/C24H18N2/c1-17-20-14-8-9-15-21(20)23-16-22(18-10-4-2-5-11-18)25-26(23)24(17)19-12-6-3-7-13-19/h2-16H,1H3. The molecule has 0 unspecified atom stereocenters. The number of aromatic nitrogens is 2. The van der Waals surface area contributed by atoms with Crippen LogP contribution >= 0.6 is 0 Å². The lowest BCUT2D eigenvalue weighted by Gasteiger charge is -2.13. The molecule has 0 aliphatic carbocycles. The molecular formula is C24H18N2. The number of aryl methyl sites for hydroxylation is 1. The molecule has 2 nitrogen and oxygen atoms in total.